The average molecular weight is 503 g/mol. The van der Waals surface area contributed by atoms with Gasteiger partial charge in [0.2, 0.25) is 0 Å². The van der Waals surface area contributed by atoms with E-state index in [0.717, 1.165) is 0 Å². The highest BCUT2D eigenvalue weighted by atomic mass is 15.3. The smallest absolute Gasteiger partial charge is 0.0786 e. The van der Waals surface area contributed by atoms with Crippen LogP contribution in [0.2, 0.25) is 0 Å². The topological polar surface area (TPSA) is 0 Å². The molecule has 0 bridgehead atoms. The van der Waals surface area contributed by atoms with Crippen molar-refractivity contribution in [3.05, 3.63) is 35.4 Å². The number of hydrogen-bond acceptors (Lipinski definition) is 0. The number of quaternary nitrogens is 2. The predicted molar refractivity (Wildman–Crippen MR) is 163 cm³/mol. The highest BCUT2D eigenvalue weighted by molar-refractivity contribution is 5.22. The van der Waals surface area contributed by atoms with Crippen LogP contribution in [0, 0.1) is 0 Å². The van der Waals surface area contributed by atoms with Crippen molar-refractivity contribution in [3.8, 4) is 0 Å². The molecule has 0 saturated carbocycles. The Morgan fingerprint density at radius 2 is 0.611 bits per heavy atom. The Morgan fingerprint density at radius 3 is 0.889 bits per heavy atom. The van der Waals surface area contributed by atoms with Gasteiger partial charge in [0.05, 0.1) is 52.4 Å². The summed E-state index contributed by atoms with van der Waals surface area (Å²) in [6, 6.07) is 9.58. The third-order valence-corrected chi connectivity index (χ3v) is 9.74. The third kappa shape index (κ3) is 13.1. The molecule has 2 nitrogen and oxygen atoms in total. The number of rotatable bonds is 24. The van der Waals surface area contributed by atoms with Crippen LogP contribution >= 0.6 is 0 Å². The minimum Gasteiger partial charge on any atom is -0.324 e. The van der Waals surface area contributed by atoms with E-state index in [9.17, 15) is 0 Å². The van der Waals surface area contributed by atoms with Crippen LogP contribution in [0.25, 0.3) is 0 Å². The first-order valence-corrected chi connectivity index (χ1v) is 16.3. The molecule has 0 aliphatic rings. The molecule has 0 saturated heterocycles. The van der Waals surface area contributed by atoms with Crippen molar-refractivity contribution in [2.45, 2.75) is 131 Å². The molecule has 0 amide bonds. The number of unbranched alkanes of at least 4 members (excludes halogenated alkanes) is 10. The van der Waals surface area contributed by atoms with Crippen molar-refractivity contribution in [2.24, 2.45) is 0 Å². The Balaban J connectivity index is 2.05. The minimum atomic E-state index is 1.26. The van der Waals surface area contributed by atoms with E-state index < -0.39 is 0 Å². The number of hydrogen-bond donors (Lipinski definition) is 0. The van der Waals surface area contributed by atoms with Crippen LogP contribution in [0.15, 0.2) is 24.3 Å². The lowest BCUT2D eigenvalue weighted by Gasteiger charge is -2.35. The van der Waals surface area contributed by atoms with E-state index in [1.54, 1.807) is 0 Å². The lowest BCUT2D eigenvalue weighted by atomic mass is 10.0. The Labute approximate surface area is 228 Å². The Kier molecular flexibility index (Phi) is 18.6. The van der Waals surface area contributed by atoms with E-state index in [0.29, 0.717) is 0 Å². The first-order valence-electron chi connectivity index (χ1n) is 16.3. The summed E-state index contributed by atoms with van der Waals surface area (Å²) in [5.41, 5.74) is 3.07. The van der Waals surface area contributed by atoms with Crippen LogP contribution in [0.3, 0.4) is 0 Å². The van der Waals surface area contributed by atoms with Crippen LogP contribution in [-0.2, 0) is 12.8 Å². The fourth-order valence-corrected chi connectivity index (χ4v) is 6.13. The Bertz CT molecular complexity index is 541. The van der Waals surface area contributed by atoms with Crippen LogP contribution in [0.5, 0.6) is 0 Å². The third-order valence-electron chi connectivity index (χ3n) is 9.74. The van der Waals surface area contributed by atoms with Crippen molar-refractivity contribution < 1.29 is 8.97 Å². The molecule has 0 heterocycles. The van der Waals surface area contributed by atoms with E-state index in [1.165, 1.54) is 162 Å². The van der Waals surface area contributed by atoms with Gasteiger partial charge >= 0.3 is 0 Å². The molecule has 210 valence electrons. The lowest BCUT2D eigenvalue weighted by molar-refractivity contribution is -0.923. The van der Waals surface area contributed by atoms with Crippen LogP contribution < -0.4 is 0 Å². The van der Waals surface area contributed by atoms with Crippen LogP contribution in [0.1, 0.15) is 130 Å². The van der Waals surface area contributed by atoms with Gasteiger partial charge in [0.25, 0.3) is 0 Å². The van der Waals surface area contributed by atoms with Gasteiger partial charge < -0.3 is 8.97 Å². The second-order valence-electron chi connectivity index (χ2n) is 11.6. The van der Waals surface area contributed by atoms with E-state index in [-0.39, 0.29) is 0 Å². The normalized spacial score (nSPS) is 12.4. The van der Waals surface area contributed by atoms with Gasteiger partial charge in [-0.15, -0.1) is 0 Å². The Morgan fingerprint density at radius 1 is 0.361 bits per heavy atom. The molecule has 1 aromatic carbocycles. The minimum absolute atomic E-state index is 1.26. The molecule has 1 aromatic rings. The van der Waals surface area contributed by atoms with Crippen molar-refractivity contribution in [1.82, 2.24) is 0 Å². The summed E-state index contributed by atoms with van der Waals surface area (Å²) in [4.78, 5) is 0. The molecule has 0 aliphatic heterocycles. The van der Waals surface area contributed by atoms with Gasteiger partial charge in [0.15, 0.2) is 0 Å². The van der Waals surface area contributed by atoms with Crippen LogP contribution in [0.4, 0.5) is 0 Å². The lowest BCUT2D eigenvalue weighted by Crippen LogP contribution is -2.48. The molecule has 0 aliphatic carbocycles. The van der Waals surface area contributed by atoms with E-state index in [2.05, 4.69) is 65.8 Å². The summed E-state index contributed by atoms with van der Waals surface area (Å²) in [5, 5.41) is 0. The maximum Gasteiger partial charge on any atom is 0.0786 e. The van der Waals surface area contributed by atoms with Crippen molar-refractivity contribution >= 4 is 0 Å². The molecule has 36 heavy (non-hydrogen) atoms. The molecule has 0 fully saturated rings. The maximum absolute atomic E-state index is 2.40. The molecule has 1 rings (SSSR count). The fraction of sp³-hybridized carbons (Fsp3) is 0.824. The zero-order valence-corrected chi connectivity index (χ0v) is 25.8. The van der Waals surface area contributed by atoms with Crippen molar-refractivity contribution in [2.75, 3.05) is 52.4 Å². The number of aryl methyl sites for hydroxylation is 2. The zero-order chi connectivity index (χ0) is 26.5. The van der Waals surface area contributed by atoms with E-state index in [4.69, 9.17) is 0 Å². The second-order valence-corrected chi connectivity index (χ2v) is 11.6. The van der Waals surface area contributed by atoms with Crippen molar-refractivity contribution in [3.63, 3.8) is 0 Å². The summed E-state index contributed by atoms with van der Waals surface area (Å²) < 4.78 is 2.63. The molecule has 2 heteroatoms. The molecule has 0 aromatic heterocycles. The standard InChI is InChI=1S/C34H66N2/c1-7-35(8-2,9-3)31-23-19-15-13-17-21-25-33-27-29-34(30-28-33)26-22-18-14-16-20-24-32-36(10-4,11-5)12-6/h27-30H,7-26,31-32H2,1-6H3/q+2. The molecule has 0 unspecified atom stereocenters. The van der Waals surface area contributed by atoms with Gasteiger partial charge in [-0.05, 0) is 104 Å². The van der Waals surface area contributed by atoms with Gasteiger partial charge in [-0.2, -0.15) is 0 Å². The largest absolute Gasteiger partial charge is 0.324 e. The summed E-state index contributed by atoms with van der Waals surface area (Å²) in [7, 11) is 0. The molecule has 0 radical (unpaired) electrons. The summed E-state index contributed by atoms with van der Waals surface area (Å²) in [5.74, 6) is 0. The van der Waals surface area contributed by atoms with Crippen LogP contribution in [-0.4, -0.2) is 61.3 Å². The Hall–Kier alpha value is -0.860. The second kappa shape index (κ2) is 20.1. The van der Waals surface area contributed by atoms with Gasteiger partial charge in [-0.25, -0.2) is 0 Å². The molecular weight excluding hydrogens is 436 g/mol. The first-order chi connectivity index (χ1) is 17.5. The highest BCUT2D eigenvalue weighted by Gasteiger charge is 2.20. The molecule has 0 atom stereocenters. The molecule has 0 spiro atoms. The van der Waals surface area contributed by atoms with E-state index >= 15 is 0 Å². The number of nitrogens with zero attached hydrogens (tertiary/aromatic N) is 2. The van der Waals surface area contributed by atoms with Gasteiger partial charge in [-0.1, -0.05) is 62.8 Å². The number of benzene rings is 1. The van der Waals surface area contributed by atoms with Gasteiger partial charge in [-0.3, -0.25) is 0 Å². The summed E-state index contributed by atoms with van der Waals surface area (Å²) in [6.45, 7) is 24.7. The average Bonchev–Trinajstić information content (AvgIpc) is 2.93. The summed E-state index contributed by atoms with van der Waals surface area (Å²) in [6.07, 6.45) is 19.4. The molecular formula is C34H66N2+2. The highest BCUT2D eigenvalue weighted by Crippen LogP contribution is 2.16. The monoisotopic (exact) mass is 503 g/mol. The van der Waals surface area contributed by atoms with Crippen molar-refractivity contribution in [1.29, 1.82) is 0 Å². The maximum atomic E-state index is 2.40. The first kappa shape index (κ1) is 33.2. The van der Waals surface area contributed by atoms with Gasteiger partial charge in [0, 0.05) is 0 Å². The fourth-order valence-electron chi connectivity index (χ4n) is 6.13. The van der Waals surface area contributed by atoms with E-state index in [1.807, 2.05) is 0 Å². The van der Waals surface area contributed by atoms with Gasteiger partial charge in [0.1, 0.15) is 0 Å². The SMILES string of the molecule is CC[N+](CC)(CC)CCCCCCCCc1ccc(CCCCCCCC[N+](CC)(CC)CC)cc1. The molecule has 0 N–H and O–H groups in total. The summed E-state index contributed by atoms with van der Waals surface area (Å²) >= 11 is 0. The predicted octanol–water partition coefficient (Wildman–Crippen LogP) is 9.21. The quantitative estimate of drug-likeness (QED) is 0.0976. The zero-order valence-electron chi connectivity index (χ0n) is 25.8.